The topological polar surface area (TPSA) is 58.2 Å². The zero-order chi connectivity index (χ0) is 20.7. The molecule has 150 valence electrons. The molecule has 2 amide bonds. The molecule has 0 bridgehead atoms. The van der Waals surface area contributed by atoms with E-state index in [4.69, 9.17) is 0 Å². The summed E-state index contributed by atoms with van der Waals surface area (Å²) >= 11 is 0. The summed E-state index contributed by atoms with van der Waals surface area (Å²) in [5.74, 6) is 0.537. The highest BCUT2D eigenvalue weighted by atomic mass is 16.2. The van der Waals surface area contributed by atoms with Crippen LogP contribution in [0, 0.1) is 12.8 Å². The summed E-state index contributed by atoms with van der Waals surface area (Å²) in [5, 5.41) is 5.90. The van der Waals surface area contributed by atoms with Gasteiger partial charge in [0.15, 0.2) is 0 Å². The average molecular weight is 381 g/mol. The molecule has 4 nitrogen and oxygen atoms in total. The van der Waals surface area contributed by atoms with Crippen molar-refractivity contribution in [3.8, 4) is 0 Å². The highest BCUT2D eigenvalue weighted by Gasteiger charge is 2.22. The Kier molecular flexibility index (Phi) is 7.80. The minimum absolute atomic E-state index is 0.0425. The van der Waals surface area contributed by atoms with E-state index in [9.17, 15) is 9.59 Å². The smallest absolute Gasteiger partial charge is 0.255 e. The van der Waals surface area contributed by atoms with Crippen LogP contribution in [-0.2, 0) is 16.0 Å². The van der Waals surface area contributed by atoms with Crippen molar-refractivity contribution in [2.75, 3.05) is 10.6 Å². The molecule has 1 aromatic carbocycles. The number of nitrogens with one attached hydrogen (secondary N) is 2. The Morgan fingerprint density at radius 1 is 1.21 bits per heavy atom. The molecule has 0 radical (unpaired) electrons. The fraction of sp³-hybridized carbons (Fsp3) is 0.417. The van der Waals surface area contributed by atoms with E-state index in [0.717, 1.165) is 34.5 Å². The van der Waals surface area contributed by atoms with Crippen LogP contribution in [0.1, 0.15) is 57.1 Å². The quantitative estimate of drug-likeness (QED) is 0.491. The molecular formula is C24H32N2O2. The fourth-order valence-electron chi connectivity index (χ4n) is 3.64. The summed E-state index contributed by atoms with van der Waals surface area (Å²) in [6.07, 6.45) is 9.17. The molecule has 1 fully saturated rings. The monoisotopic (exact) mass is 380 g/mol. The predicted octanol–water partition coefficient (Wildman–Crippen LogP) is 5.70. The molecular weight excluding hydrogens is 348 g/mol. The van der Waals surface area contributed by atoms with E-state index in [1.54, 1.807) is 12.2 Å². The standard InChI is InChI=1S/C22H26N2O2.C2H6/c1-4-16(12-15-7-6-8-15)19(5-2)22(26)23-18-11-14(3)21-17(13-18)9-10-20(25)24-21;1-2/h4-5,11,13,15H,1-2,6-10,12H2,3H3,(H,23,26)(H,24,25);1-2H3/b19-16-;. The SMILES string of the molecule is C=C/C(CC1CCC1)=C(\C=C)C(=O)Nc1cc(C)c2c(c1)CCC(=O)N2.CC. The number of fused-ring (bicyclic) bond motifs is 1. The zero-order valence-corrected chi connectivity index (χ0v) is 17.4. The number of carbonyl (C=O) groups is 2. The number of amides is 2. The molecule has 2 N–H and O–H groups in total. The number of aryl methyl sites for hydroxylation is 2. The largest absolute Gasteiger partial charge is 0.326 e. The van der Waals surface area contributed by atoms with Crippen molar-refractivity contribution in [3.05, 3.63) is 59.7 Å². The van der Waals surface area contributed by atoms with Crippen molar-refractivity contribution in [2.24, 2.45) is 5.92 Å². The van der Waals surface area contributed by atoms with E-state index in [1.807, 2.05) is 32.9 Å². The Labute approximate surface area is 168 Å². The van der Waals surface area contributed by atoms with Gasteiger partial charge in [-0.15, -0.1) is 0 Å². The van der Waals surface area contributed by atoms with Crippen LogP contribution in [0.25, 0.3) is 0 Å². The number of benzene rings is 1. The maximum absolute atomic E-state index is 12.8. The first-order chi connectivity index (χ1) is 13.5. The van der Waals surface area contributed by atoms with E-state index in [-0.39, 0.29) is 11.8 Å². The van der Waals surface area contributed by atoms with Gasteiger partial charge in [0.05, 0.1) is 0 Å². The lowest BCUT2D eigenvalue weighted by Gasteiger charge is -2.26. The lowest BCUT2D eigenvalue weighted by Crippen LogP contribution is -2.21. The summed E-state index contributed by atoms with van der Waals surface area (Å²) in [7, 11) is 0. The summed E-state index contributed by atoms with van der Waals surface area (Å²) in [4.78, 5) is 24.4. The van der Waals surface area contributed by atoms with Crippen LogP contribution in [-0.4, -0.2) is 11.8 Å². The van der Waals surface area contributed by atoms with Gasteiger partial charge in [0, 0.05) is 23.4 Å². The van der Waals surface area contributed by atoms with Crippen LogP contribution in [0.2, 0.25) is 0 Å². The number of allylic oxidation sites excluding steroid dienone is 2. The highest BCUT2D eigenvalue weighted by Crippen LogP contribution is 2.34. The molecule has 0 atom stereocenters. The highest BCUT2D eigenvalue weighted by molar-refractivity contribution is 6.07. The van der Waals surface area contributed by atoms with Crippen molar-refractivity contribution < 1.29 is 9.59 Å². The van der Waals surface area contributed by atoms with Gasteiger partial charge in [-0.05, 0) is 54.5 Å². The molecule has 0 saturated heterocycles. The van der Waals surface area contributed by atoms with Gasteiger partial charge in [-0.2, -0.15) is 0 Å². The second-order valence-corrected chi connectivity index (χ2v) is 7.18. The number of hydrogen-bond donors (Lipinski definition) is 2. The van der Waals surface area contributed by atoms with Crippen molar-refractivity contribution in [3.63, 3.8) is 0 Å². The summed E-state index contributed by atoms with van der Waals surface area (Å²) < 4.78 is 0. The molecule has 4 heteroatoms. The number of carbonyl (C=O) groups excluding carboxylic acids is 2. The summed E-state index contributed by atoms with van der Waals surface area (Å²) in [5.41, 5.74) is 5.18. The Morgan fingerprint density at radius 2 is 1.93 bits per heavy atom. The number of rotatable bonds is 6. The molecule has 1 saturated carbocycles. The molecule has 28 heavy (non-hydrogen) atoms. The number of anilines is 2. The fourth-order valence-corrected chi connectivity index (χ4v) is 3.64. The Balaban J connectivity index is 0.00000136. The van der Waals surface area contributed by atoms with E-state index >= 15 is 0 Å². The van der Waals surface area contributed by atoms with Crippen LogP contribution < -0.4 is 10.6 Å². The minimum Gasteiger partial charge on any atom is -0.326 e. The summed E-state index contributed by atoms with van der Waals surface area (Å²) in [6, 6.07) is 3.84. The van der Waals surface area contributed by atoms with Gasteiger partial charge in [0.2, 0.25) is 5.91 Å². The predicted molar refractivity (Wildman–Crippen MR) is 117 cm³/mol. The van der Waals surface area contributed by atoms with Gasteiger partial charge in [0.1, 0.15) is 0 Å². The summed E-state index contributed by atoms with van der Waals surface area (Å²) in [6.45, 7) is 13.7. The maximum atomic E-state index is 12.8. The van der Waals surface area contributed by atoms with Gasteiger partial charge in [-0.1, -0.05) is 58.4 Å². The molecule has 1 aliphatic carbocycles. The Hall–Kier alpha value is -2.62. The lowest BCUT2D eigenvalue weighted by molar-refractivity contribution is -0.116. The Morgan fingerprint density at radius 3 is 2.50 bits per heavy atom. The van der Waals surface area contributed by atoms with Crippen LogP contribution in [0.15, 0.2) is 48.6 Å². The second-order valence-electron chi connectivity index (χ2n) is 7.18. The van der Waals surface area contributed by atoms with Gasteiger partial charge in [0.25, 0.3) is 5.91 Å². The first kappa shape index (κ1) is 21.7. The van der Waals surface area contributed by atoms with Crippen molar-refractivity contribution >= 4 is 23.2 Å². The van der Waals surface area contributed by atoms with Gasteiger partial charge in [-0.3, -0.25) is 9.59 Å². The molecule has 0 unspecified atom stereocenters. The van der Waals surface area contributed by atoms with Gasteiger partial charge >= 0.3 is 0 Å². The molecule has 1 aromatic rings. The zero-order valence-electron chi connectivity index (χ0n) is 17.4. The van der Waals surface area contributed by atoms with E-state index in [2.05, 4.69) is 23.8 Å². The van der Waals surface area contributed by atoms with Crippen LogP contribution in [0.5, 0.6) is 0 Å². The van der Waals surface area contributed by atoms with Crippen molar-refractivity contribution in [1.82, 2.24) is 0 Å². The molecule has 1 heterocycles. The van der Waals surface area contributed by atoms with Crippen LogP contribution in [0.3, 0.4) is 0 Å². The second kappa shape index (κ2) is 10.1. The van der Waals surface area contributed by atoms with Crippen LogP contribution >= 0.6 is 0 Å². The minimum atomic E-state index is -0.159. The molecule has 0 spiro atoms. The van der Waals surface area contributed by atoms with Gasteiger partial charge < -0.3 is 10.6 Å². The molecule has 2 aliphatic rings. The lowest BCUT2D eigenvalue weighted by atomic mass is 9.80. The molecule has 0 aromatic heterocycles. The van der Waals surface area contributed by atoms with Crippen LogP contribution in [0.4, 0.5) is 11.4 Å². The first-order valence-corrected chi connectivity index (χ1v) is 10.2. The Bertz CT molecular complexity index is 801. The third-order valence-electron chi connectivity index (χ3n) is 5.34. The van der Waals surface area contributed by atoms with E-state index < -0.39 is 0 Å². The van der Waals surface area contributed by atoms with E-state index in [0.29, 0.717) is 24.3 Å². The van der Waals surface area contributed by atoms with Gasteiger partial charge in [-0.25, -0.2) is 0 Å². The normalized spacial score (nSPS) is 16.3. The molecule has 1 aliphatic heterocycles. The van der Waals surface area contributed by atoms with Crippen molar-refractivity contribution in [1.29, 1.82) is 0 Å². The third kappa shape index (κ3) is 5.00. The average Bonchev–Trinajstić information content (AvgIpc) is 2.65. The number of hydrogen-bond acceptors (Lipinski definition) is 2. The molecule has 3 rings (SSSR count). The van der Waals surface area contributed by atoms with E-state index in [1.165, 1.54) is 19.3 Å². The van der Waals surface area contributed by atoms with Crippen molar-refractivity contribution in [2.45, 2.75) is 59.3 Å². The maximum Gasteiger partial charge on any atom is 0.255 e. The third-order valence-corrected chi connectivity index (χ3v) is 5.34. The first-order valence-electron chi connectivity index (χ1n) is 10.2.